The molecule has 1 heterocycles. The van der Waals surface area contributed by atoms with Gasteiger partial charge in [0.25, 0.3) is 5.91 Å². The Labute approximate surface area is 138 Å². The molecule has 1 aliphatic rings. The van der Waals surface area contributed by atoms with E-state index in [0.717, 1.165) is 0 Å². The zero-order valence-corrected chi connectivity index (χ0v) is 13.0. The molecule has 0 spiro atoms. The van der Waals surface area contributed by atoms with Crippen molar-refractivity contribution in [3.63, 3.8) is 0 Å². The molecule has 1 saturated heterocycles. The number of halogens is 6. The molecule has 10 heteroatoms. The van der Waals surface area contributed by atoms with Gasteiger partial charge in [0.1, 0.15) is 0 Å². The Hall–Kier alpha value is -2.26. The van der Waals surface area contributed by atoms with E-state index < -0.39 is 41.0 Å². The second kappa shape index (κ2) is 6.57. The average Bonchev–Trinajstić information content (AvgIpc) is 2.48. The van der Waals surface area contributed by atoms with Crippen LogP contribution in [0.5, 0.6) is 0 Å². The molecule has 1 aromatic rings. The summed E-state index contributed by atoms with van der Waals surface area (Å²) >= 11 is 0. The van der Waals surface area contributed by atoms with E-state index in [1.54, 1.807) is 0 Å². The fraction of sp³-hybridized carbons (Fsp3) is 0.467. The van der Waals surface area contributed by atoms with Crippen LogP contribution in [0.2, 0.25) is 0 Å². The lowest BCUT2D eigenvalue weighted by molar-refractivity contribution is -0.143. The normalized spacial score (nSPS) is 19.1. The number of rotatable bonds is 2. The predicted molar refractivity (Wildman–Crippen MR) is 74.6 cm³/mol. The molecular formula is C15H14F6N2O2. The van der Waals surface area contributed by atoms with Crippen LogP contribution in [0.1, 0.15) is 34.3 Å². The topological polar surface area (TPSA) is 49.4 Å². The monoisotopic (exact) mass is 368 g/mol. The van der Waals surface area contributed by atoms with E-state index in [4.69, 9.17) is 0 Å². The summed E-state index contributed by atoms with van der Waals surface area (Å²) in [6.07, 6.45) is -9.70. The van der Waals surface area contributed by atoms with Crippen molar-refractivity contribution >= 4 is 11.8 Å². The Morgan fingerprint density at radius 1 is 1.16 bits per heavy atom. The molecule has 0 bridgehead atoms. The third kappa shape index (κ3) is 4.43. The maximum atomic E-state index is 13.1. The number of carbonyl (C=O) groups is 2. The van der Waals surface area contributed by atoms with Crippen LogP contribution in [0.4, 0.5) is 26.3 Å². The second-order valence-corrected chi connectivity index (χ2v) is 5.74. The number of piperidine rings is 1. The molecule has 1 fully saturated rings. The van der Waals surface area contributed by atoms with E-state index in [1.807, 2.05) is 0 Å². The third-order valence-corrected chi connectivity index (χ3v) is 3.86. The molecule has 0 radical (unpaired) electrons. The lowest BCUT2D eigenvalue weighted by atomic mass is 10.0. The van der Waals surface area contributed by atoms with Crippen molar-refractivity contribution < 1.29 is 35.9 Å². The Balaban J connectivity index is 2.28. The molecule has 2 rings (SSSR count). The second-order valence-electron chi connectivity index (χ2n) is 5.74. The summed E-state index contributed by atoms with van der Waals surface area (Å²) in [5.41, 5.74) is -4.03. The number of amides is 2. The zero-order chi connectivity index (χ0) is 19.0. The van der Waals surface area contributed by atoms with Gasteiger partial charge >= 0.3 is 12.4 Å². The van der Waals surface area contributed by atoms with Crippen molar-refractivity contribution in [3.8, 4) is 0 Å². The number of benzene rings is 1. The minimum Gasteiger partial charge on any atom is -0.347 e. The predicted octanol–water partition coefficient (Wildman–Crippen LogP) is 3.07. The van der Waals surface area contributed by atoms with Gasteiger partial charge in [0.15, 0.2) is 0 Å². The Bertz CT molecular complexity index is 684. The van der Waals surface area contributed by atoms with E-state index >= 15 is 0 Å². The van der Waals surface area contributed by atoms with Gasteiger partial charge < -0.3 is 10.2 Å². The number of likely N-dealkylation sites (tertiary alicyclic amines) is 1. The van der Waals surface area contributed by atoms with Crippen LogP contribution in [-0.2, 0) is 17.1 Å². The molecule has 1 atom stereocenters. The summed E-state index contributed by atoms with van der Waals surface area (Å²) < 4.78 is 77.1. The minimum absolute atomic E-state index is 0.0779. The van der Waals surface area contributed by atoms with E-state index in [-0.39, 0.29) is 31.4 Å². The number of hydrogen-bond donors (Lipinski definition) is 1. The summed E-state index contributed by atoms with van der Waals surface area (Å²) in [7, 11) is 1.49. The van der Waals surface area contributed by atoms with Crippen molar-refractivity contribution in [1.29, 1.82) is 0 Å². The van der Waals surface area contributed by atoms with Gasteiger partial charge in [0.05, 0.1) is 16.7 Å². The number of likely N-dealkylation sites (N-methyl/N-ethyl adjacent to an activating group) is 1. The van der Waals surface area contributed by atoms with Crippen molar-refractivity contribution in [2.45, 2.75) is 31.2 Å². The highest BCUT2D eigenvalue weighted by molar-refractivity contribution is 5.96. The quantitative estimate of drug-likeness (QED) is 0.816. The number of nitrogens with one attached hydrogen (secondary N) is 1. The molecule has 0 aromatic heterocycles. The van der Waals surface area contributed by atoms with Gasteiger partial charge in [-0.25, -0.2) is 0 Å². The SMILES string of the molecule is CN1CC(NC(=O)c2ccc(C(F)(F)F)cc2C(F)(F)F)CCC1=O. The number of nitrogens with zero attached hydrogens (tertiary/aromatic N) is 1. The molecule has 138 valence electrons. The number of hydrogen-bond acceptors (Lipinski definition) is 2. The van der Waals surface area contributed by atoms with Crippen LogP contribution in [0.3, 0.4) is 0 Å². The number of alkyl halides is 6. The van der Waals surface area contributed by atoms with Crippen LogP contribution < -0.4 is 5.32 Å². The molecule has 1 aromatic carbocycles. The van der Waals surface area contributed by atoms with Crippen LogP contribution in [0, 0.1) is 0 Å². The molecule has 4 nitrogen and oxygen atoms in total. The van der Waals surface area contributed by atoms with Crippen molar-refractivity contribution in [2.24, 2.45) is 0 Å². The first-order valence-corrected chi connectivity index (χ1v) is 7.23. The van der Waals surface area contributed by atoms with Gasteiger partial charge in [0.2, 0.25) is 5.91 Å². The summed E-state index contributed by atoms with van der Waals surface area (Å²) in [6, 6.07) is 0.295. The highest BCUT2D eigenvalue weighted by Gasteiger charge is 2.39. The summed E-state index contributed by atoms with van der Waals surface area (Å²) in [5, 5.41) is 2.34. The Morgan fingerprint density at radius 3 is 2.32 bits per heavy atom. The molecule has 25 heavy (non-hydrogen) atoms. The van der Waals surface area contributed by atoms with Crippen LogP contribution in [0.25, 0.3) is 0 Å². The van der Waals surface area contributed by atoms with Crippen molar-refractivity contribution in [2.75, 3.05) is 13.6 Å². The summed E-state index contributed by atoms with van der Waals surface area (Å²) in [5.74, 6) is -1.29. The van der Waals surface area contributed by atoms with Gasteiger partial charge in [-0.2, -0.15) is 26.3 Å². The lowest BCUT2D eigenvalue weighted by Crippen LogP contribution is -2.48. The lowest BCUT2D eigenvalue weighted by Gasteiger charge is -2.30. The highest BCUT2D eigenvalue weighted by atomic mass is 19.4. The van der Waals surface area contributed by atoms with Crippen LogP contribution >= 0.6 is 0 Å². The Kier molecular flexibility index (Phi) is 5.01. The van der Waals surface area contributed by atoms with Gasteiger partial charge in [-0.3, -0.25) is 9.59 Å². The summed E-state index contributed by atoms with van der Waals surface area (Å²) in [4.78, 5) is 24.8. The smallest absolute Gasteiger partial charge is 0.347 e. The van der Waals surface area contributed by atoms with Crippen molar-refractivity contribution in [3.05, 3.63) is 34.9 Å². The zero-order valence-electron chi connectivity index (χ0n) is 13.0. The number of carbonyl (C=O) groups excluding carboxylic acids is 2. The van der Waals surface area contributed by atoms with E-state index in [2.05, 4.69) is 5.32 Å². The minimum atomic E-state index is -5.12. The largest absolute Gasteiger partial charge is 0.417 e. The van der Waals surface area contributed by atoms with Crippen LogP contribution in [0.15, 0.2) is 18.2 Å². The first-order valence-electron chi connectivity index (χ1n) is 7.23. The summed E-state index contributed by atoms with van der Waals surface area (Å²) in [6.45, 7) is 0.118. The molecule has 1 unspecified atom stereocenters. The molecule has 1 aliphatic heterocycles. The van der Waals surface area contributed by atoms with Gasteiger partial charge in [-0.05, 0) is 24.6 Å². The fourth-order valence-corrected chi connectivity index (χ4v) is 2.55. The molecule has 1 N–H and O–H groups in total. The molecule has 0 aliphatic carbocycles. The maximum absolute atomic E-state index is 13.1. The average molecular weight is 368 g/mol. The Morgan fingerprint density at radius 2 is 1.80 bits per heavy atom. The van der Waals surface area contributed by atoms with Gasteiger partial charge in [-0.1, -0.05) is 0 Å². The van der Waals surface area contributed by atoms with E-state index in [1.165, 1.54) is 11.9 Å². The van der Waals surface area contributed by atoms with E-state index in [9.17, 15) is 35.9 Å². The highest BCUT2D eigenvalue weighted by Crippen LogP contribution is 2.37. The van der Waals surface area contributed by atoms with Gasteiger partial charge in [0, 0.05) is 26.1 Å². The fourth-order valence-electron chi connectivity index (χ4n) is 2.55. The first-order chi connectivity index (χ1) is 11.4. The molecule has 0 saturated carbocycles. The van der Waals surface area contributed by atoms with E-state index in [0.29, 0.717) is 12.1 Å². The van der Waals surface area contributed by atoms with Gasteiger partial charge in [-0.15, -0.1) is 0 Å². The molecule has 2 amide bonds. The molecular weight excluding hydrogens is 354 g/mol. The standard InChI is InChI=1S/C15H14F6N2O2/c1-23-7-9(3-5-12(23)24)22-13(25)10-4-2-8(14(16,17)18)6-11(10)15(19,20)21/h2,4,6,9H,3,5,7H2,1H3,(H,22,25). The first kappa shape index (κ1) is 19.1. The third-order valence-electron chi connectivity index (χ3n) is 3.86. The van der Waals surface area contributed by atoms with Crippen LogP contribution in [-0.4, -0.2) is 36.3 Å². The maximum Gasteiger partial charge on any atom is 0.417 e. The van der Waals surface area contributed by atoms with Crippen molar-refractivity contribution in [1.82, 2.24) is 10.2 Å².